The van der Waals surface area contributed by atoms with Crippen LogP contribution in [-0.4, -0.2) is 20.7 Å². The molecule has 1 N–H and O–H groups in total. The van der Waals surface area contributed by atoms with Gasteiger partial charge in [-0.25, -0.2) is 4.98 Å². The zero-order valence-corrected chi connectivity index (χ0v) is 14.2. The average Bonchev–Trinajstić information content (AvgIpc) is 3.35. The molecule has 0 saturated carbocycles. The Labute approximate surface area is 145 Å². The van der Waals surface area contributed by atoms with E-state index in [0.717, 1.165) is 11.4 Å². The van der Waals surface area contributed by atoms with E-state index >= 15 is 0 Å². The Morgan fingerprint density at radius 1 is 1.29 bits per heavy atom. The molecule has 0 bridgehead atoms. The number of carbonyl (C=O) groups excluding carboxylic acids is 1. The molecule has 4 rings (SSSR count). The number of nitrogens with zero attached hydrogens (tertiary/aromatic N) is 3. The number of furan rings is 1. The third kappa shape index (κ3) is 2.77. The Kier molecular flexibility index (Phi) is 3.75. The molecule has 6 nitrogen and oxygen atoms in total. The summed E-state index contributed by atoms with van der Waals surface area (Å²) >= 11 is 2.83. The van der Waals surface area contributed by atoms with E-state index < -0.39 is 0 Å². The second-order valence-corrected chi connectivity index (χ2v) is 6.79. The molecule has 120 valence electrons. The fraction of sp³-hybridized carbons (Fsp3) is 0.0625. The van der Waals surface area contributed by atoms with Gasteiger partial charge in [0.25, 0.3) is 5.91 Å². The molecule has 0 spiro atoms. The van der Waals surface area contributed by atoms with Crippen LogP contribution >= 0.6 is 22.7 Å². The molecule has 0 fully saturated rings. The van der Waals surface area contributed by atoms with Crippen molar-refractivity contribution in [3.63, 3.8) is 0 Å². The highest BCUT2D eigenvalue weighted by atomic mass is 32.1. The normalized spacial score (nSPS) is 10.9. The number of hydrogen-bond acceptors (Lipinski definition) is 6. The lowest BCUT2D eigenvalue weighted by atomic mass is 10.4. The van der Waals surface area contributed by atoms with Gasteiger partial charge < -0.3 is 9.73 Å². The van der Waals surface area contributed by atoms with E-state index in [0.29, 0.717) is 21.6 Å². The molecule has 24 heavy (non-hydrogen) atoms. The van der Waals surface area contributed by atoms with E-state index in [4.69, 9.17) is 4.42 Å². The summed E-state index contributed by atoms with van der Waals surface area (Å²) in [5.41, 5.74) is 1.54. The van der Waals surface area contributed by atoms with Crippen LogP contribution in [0.15, 0.2) is 51.8 Å². The highest BCUT2D eigenvalue weighted by molar-refractivity contribution is 7.12. The summed E-state index contributed by atoms with van der Waals surface area (Å²) in [6, 6.07) is 9.12. The number of nitrogens with one attached hydrogen (secondary N) is 1. The van der Waals surface area contributed by atoms with E-state index in [1.165, 1.54) is 22.7 Å². The third-order valence-corrected chi connectivity index (χ3v) is 4.95. The second-order valence-electron chi connectivity index (χ2n) is 5.01. The quantitative estimate of drug-likeness (QED) is 0.594. The topological polar surface area (TPSA) is 73.0 Å². The van der Waals surface area contributed by atoms with Crippen molar-refractivity contribution in [1.29, 1.82) is 0 Å². The lowest BCUT2D eigenvalue weighted by Gasteiger charge is -2.05. The molecule has 1 amide bonds. The highest BCUT2D eigenvalue weighted by Gasteiger charge is 2.16. The van der Waals surface area contributed by atoms with E-state index in [-0.39, 0.29) is 5.91 Å². The lowest BCUT2D eigenvalue weighted by Crippen LogP contribution is -2.13. The molecule has 0 saturated heterocycles. The summed E-state index contributed by atoms with van der Waals surface area (Å²) in [6.07, 6.45) is 1.61. The number of thiophene rings is 1. The molecule has 0 aliphatic heterocycles. The number of anilines is 1. The minimum absolute atomic E-state index is 0.158. The largest absolute Gasteiger partial charge is 0.463 e. The zero-order valence-electron chi connectivity index (χ0n) is 12.6. The van der Waals surface area contributed by atoms with Crippen molar-refractivity contribution >= 4 is 34.4 Å². The summed E-state index contributed by atoms with van der Waals surface area (Å²) in [6.45, 7) is 1.87. The van der Waals surface area contributed by atoms with Gasteiger partial charge in [-0.3, -0.25) is 4.79 Å². The monoisotopic (exact) mass is 356 g/mol. The van der Waals surface area contributed by atoms with Crippen LogP contribution in [0.25, 0.3) is 16.6 Å². The maximum atomic E-state index is 12.3. The summed E-state index contributed by atoms with van der Waals surface area (Å²) in [5, 5.41) is 11.8. The van der Waals surface area contributed by atoms with Crippen LogP contribution in [0.3, 0.4) is 0 Å². The van der Waals surface area contributed by atoms with E-state index in [2.05, 4.69) is 15.4 Å². The van der Waals surface area contributed by atoms with Crippen LogP contribution in [-0.2, 0) is 0 Å². The van der Waals surface area contributed by atoms with Crippen molar-refractivity contribution in [1.82, 2.24) is 14.8 Å². The average molecular weight is 356 g/mol. The van der Waals surface area contributed by atoms with Gasteiger partial charge >= 0.3 is 0 Å². The third-order valence-electron chi connectivity index (χ3n) is 3.26. The van der Waals surface area contributed by atoms with Crippen molar-refractivity contribution in [2.75, 3.05) is 5.32 Å². The van der Waals surface area contributed by atoms with Crippen LogP contribution < -0.4 is 5.32 Å². The van der Waals surface area contributed by atoms with Crippen LogP contribution in [0, 0.1) is 6.92 Å². The number of amides is 1. The van der Waals surface area contributed by atoms with Crippen molar-refractivity contribution in [2.45, 2.75) is 6.92 Å². The van der Waals surface area contributed by atoms with E-state index in [9.17, 15) is 4.79 Å². The Balaban J connectivity index is 1.65. The van der Waals surface area contributed by atoms with Crippen LogP contribution in [0.4, 0.5) is 5.82 Å². The molecule has 0 unspecified atom stereocenters. The molecule has 8 heteroatoms. The van der Waals surface area contributed by atoms with Crippen molar-refractivity contribution in [3.8, 4) is 16.6 Å². The first-order chi connectivity index (χ1) is 11.7. The van der Waals surface area contributed by atoms with Crippen molar-refractivity contribution in [3.05, 3.63) is 57.9 Å². The Morgan fingerprint density at radius 2 is 2.21 bits per heavy atom. The molecule has 0 aliphatic rings. The predicted octanol–water partition coefficient (Wildman–Crippen LogP) is 4.21. The van der Waals surface area contributed by atoms with Crippen LogP contribution in [0.5, 0.6) is 0 Å². The smallest absolute Gasteiger partial charge is 0.266 e. The standard InChI is InChI=1S/C16H12N4O2S2/c1-10-8-14(18-15(21)13-5-3-7-23-13)20(19-10)16-17-11(9-24-16)12-4-2-6-22-12/h2-9H,1H3,(H,18,21). The Bertz CT molecular complexity index is 968. The van der Waals surface area contributed by atoms with Gasteiger partial charge in [-0.05, 0) is 30.5 Å². The van der Waals surface area contributed by atoms with Crippen molar-refractivity contribution < 1.29 is 9.21 Å². The second kappa shape index (κ2) is 6.06. The van der Waals surface area contributed by atoms with Gasteiger partial charge in [0.15, 0.2) is 5.76 Å². The van der Waals surface area contributed by atoms with Gasteiger partial charge in [0.05, 0.1) is 16.8 Å². The molecule has 0 atom stereocenters. The summed E-state index contributed by atoms with van der Waals surface area (Å²) in [5.74, 6) is 1.13. The Morgan fingerprint density at radius 3 is 2.96 bits per heavy atom. The van der Waals surface area contributed by atoms with Gasteiger partial charge in [0.2, 0.25) is 5.13 Å². The molecular weight excluding hydrogens is 344 g/mol. The highest BCUT2D eigenvalue weighted by Crippen LogP contribution is 2.27. The molecule has 4 aromatic heterocycles. The first-order valence-electron chi connectivity index (χ1n) is 7.12. The SMILES string of the molecule is Cc1cc(NC(=O)c2cccs2)n(-c2nc(-c3ccco3)cs2)n1. The fourth-order valence-corrected chi connectivity index (χ4v) is 3.61. The maximum absolute atomic E-state index is 12.3. The maximum Gasteiger partial charge on any atom is 0.266 e. The van der Waals surface area contributed by atoms with Crippen LogP contribution in [0.2, 0.25) is 0 Å². The lowest BCUT2D eigenvalue weighted by molar-refractivity contribution is 0.103. The van der Waals surface area contributed by atoms with Gasteiger partial charge in [-0.1, -0.05) is 6.07 Å². The molecule has 4 heterocycles. The van der Waals surface area contributed by atoms with E-state index in [1.807, 2.05) is 41.9 Å². The van der Waals surface area contributed by atoms with E-state index in [1.54, 1.807) is 17.0 Å². The van der Waals surface area contributed by atoms with Gasteiger partial charge in [0.1, 0.15) is 11.5 Å². The van der Waals surface area contributed by atoms with Gasteiger partial charge in [-0.15, -0.1) is 22.7 Å². The van der Waals surface area contributed by atoms with Crippen LogP contribution in [0.1, 0.15) is 15.4 Å². The molecule has 0 radical (unpaired) electrons. The summed E-state index contributed by atoms with van der Waals surface area (Å²) in [7, 11) is 0. The number of hydrogen-bond donors (Lipinski definition) is 1. The summed E-state index contributed by atoms with van der Waals surface area (Å²) in [4.78, 5) is 17.5. The minimum Gasteiger partial charge on any atom is -0.463 e. The van der Waals surface area contributed by atoms with Gasteiger partial charge in [-0.2, -0.15) is 9.78 Å². The molecule has 4 aromatic rings. The minimum atomic E-state index is -0.158. The number of aryl methyl sites for hydroxylation is 1. The number of carbonyl (C=O) groups is 1. The first-order valence-corrected chi connectivity index (χ1v) is 8.88. The number of rotatable bonds is 4. The predicted molar refractivity (Wildman–Crippen MR) is 93.9 cm³/mol. The summed E-state index contributed by atoms with van der Waals surface area (Å²) < 4.78 is 7.00. The number of thiazole rings is 1. The zero-order chi connectivity index (χ0) is 16.5. The first kappa shape index (κ1) is 14.9. The van der Waals surface area contributed by atoms with Gasteiger partial charge in [0, 0.05) is 11.4 Å². The molecular formula is C16H12N4O2S2. The molecule has 0 aromatic carbocycles. The number of aromatic nitrogens is 3. The van der Waals surface area contributed by atoms with Crippen molar-refractivity contribution in [2.24, 2.45) is 0 Å². The molecule has 0 aliphatic carbocycles. The Hall–Kier alpha value is -2.71. The fourth-order valence-electron chi connectivity index (χ4n) is 2.22.